The Morgan fingerprint density at radius 1 is 1.38 bits per heavy atom. The van der Waals surface area contributed by atoms with Crippen molar-refractivity contribution in [3.05, 3.63) is 35.9 Å². The highest BCUT2D eigenvalue weighted by Crippen LogP contribution is 2.32. The molecule has 4 rings (SSSR count). The van der Waals surface area contributed by atoms with E-state index in [-0.39, 0.29) is 6.10 Å². The summed E-state index contributed by atoms with van der Waals surface area (Å²) in [6.07, 6.45) is 9.74. The summed E-state index contributed by atoms with van der Waals surface area (Å²) in [7, 11) is 1.92. The number of hydrogen-bond donors (Lipinski definition) is 1. The Kier molecular flexibility index (Phi) is 5.03. The molecule has 4 heterocycles. The molecule has 0 aromatic carbocycles. The second-order valence-electron chi connectivity index (χ2n) is 6.72. The van der Waals surface area contributed by atoms with Crippen LogP contribution in [0.4, 0.5) is 5.13 Å². The smallest absolute Gasteiger partial charge is 0.183 e. The SMILES string of the molecule is Cc1nc(NCc2cnn(C)c2)sc1-c1ccn(C[C@H]2CCCCO2)n1. The molecule has 1 aliphatic rings. The quantitative estimate of drug-likeness (QED) is 0.719. The number of nitrogens with one attached hydrogen (secondary N) is 1. The first-order valence-electron chi connectivity index (χ1n) is 9.01. The summed E-state index contributed by atoms with van der Waals surface area (Å²) >= 11 is 1.64. The lowest BCUT2D eigenvalue weighted by Gasteiger charge is -2.22. The second kappa shape index (κ2) is 7.59. The normalized spacial score (nSPS) is 17.5. The molecule has 3 aromatic heterocycles. The molecule has 0 saturated carbocycles. The van der Waals surface area contributed by atoms with Crippen LogP contribution in [0, 0.1) is 6.92 Å². The van der Waals surface area contributed by atoms with E-state index in [1.807, 2.05) is 37.2 Å². The number of nitrogens with zero attached hydrogens (tertiary/aromatic N) is 5. The molecule has 1 aliphatic heterocycles. The minimum Gasteiger partial charge on any atom is -0.376 e. The topological polar surface area (TPSA) is 69.8 Å². The average molecular weight is 372 g/mol. The van der Waals surface area contributed by atoms with E-state index in [2.05, 4.69) is 21.5 Å². The van der Waals surface area contributed by atoms with Crippen LogP contribution in [-0.4, -0.2) is 37.3 Å². The van der Waals surface area contributed by atoms with Gasteiger partial charge in [-0.25, -0.2) is 4.98 Å². The standard InChI is InChI=1S/C18H24N6OS/c1-13-17(26-18(21-13)19-9-14-10-20-23(2)11-14)16-6-7-24(22-16)12-15-5-3-4-8-25-15/h6-7,10-11,15H,3-5,8-9,12H2,1-2H3,(H,19,21)/t15-/m1/s1. The third-order valence-corrected chi connectivity index (χ3v) is 5.67. The number of ether oxygens (including phenoxy) is 1. The molecule has 8 heteroatoms. The van der Waals surface area contributed by atoms with E-state index < -0.39 is 0 Å². The van der Waals surface area contributed by atoms with Gasteiger partial charge in [0.2, 0.25) is 0 Å². The average Bonchev–Trinajstić information content (AvgIpc) is 3.34. The summed E-state index contributed by atoms with van der Waals surface area (Å²) in [5, 5.41) is 13.2. The monoisotopic (exact) mass is 372 g/mol. The summed E-state index contributed by atoms with van der Waals surface area (Å²) in [6.45, 7) is 4.45. The van der Waals surface area contributed by atoms with Crippen LogP contribution in [0.3, 0.4) is 0 Å². The number of aryl methyl sites for hydroxylation is 2. The first-order valence-corrected chi connectivity index (χ1v) is 9.83. The molecule has 0 aliphatic carbocycles. The van der Waals surface area contributed by atoms with Crippen molar-refractivity contribution in [2.75, 3.05) is 11.9 Å². The summed E-state index contributed by atoms with van der Waals surface area (Å²) in [5.74, 6) is 0. The van der Waals surface area contributed by atoms with Crippen LogP contribution < -0.4 is 5.32 Å². The van der Waals surface area contributed by atoms with Gasteiger partial charge in [-0.3, -0.25) is 9.36 Å². The van der Waals surface area contributed by atoms with Crippen LogP contribution >= 0.6 is 11.3 Å². The van der Waals surface area contributed by atoms with Crippen molar-refractivity contribution >= 4 is 16.5 Å². The van der Waals surface area contributed by atoms with Gasteiger partial charge >= 0.3 is 0 Å². The molecule has 1 N–H and O–H groups in total. The Morgan fingerprint density at radius 3 is 3.08 bits per heavy atom. The van der Waals surface area contributed by atoms with Gasteiger partial charge in [0, 0.05) is 38.2 Å². The van der Waals surface area contributed by atoms with Crippen LogP contribution in [0.25, 0.3) is 10.6 Å². The van der Waals surface area contributed by atoms with Gasteiger partial charge in [0.25, 0.3) is 0 Å². The Hall–Kier alpha value is -2.19. The predicted octanol–water partition coefficient (Wildman–Crippen LogP) is 3.23. The minimum absolute atomic E-state index is 0.288. The zero-order valence-electron chi connectivity index (χ0n) is 15.2. The predicted molar refractivity (Wildman–Crippen MR) is 102 cm³/mol. The van der Waals surface area contributed by atoms with Crippen molar-refractivity contribution in [1.29, 1.82) is 0 Å². The highest BCUT2D eigenvalue weighted by molar-refractivity contribution is 7.19. The van der Waals surface area contributed by atoms with Gasteiger partial charge < -0.3 is 10.1 Å². The number of thiazole rings is 1. The zero-order chi connectivity index (χ0) is 17.9. The van der Waals surface area contributed by atoms with E-state index in [1.165, 1.54) is 12.8 Å². The highest BCUT2D eigenvalue weighted by atomic mass is 32.1. The Labute approximate surface area is 157 Å². The molecule has 1 atom stereocenters. The molecule has 1 saturated heterocycles. The van der Waals surface area contributed by atoms with Crippen LogP contribution in [-0.2, 0) is 24.9 Å². The lowest BCUT2D eigenvalue weighted by molar-refractivity contribution is 0.00403. The third kappa shape index (κ3) is 3.96. The van der Waals surface area contributed by atoms with Gasteiger partial charge in [-0.15, -0.1) is 0 Å². The molecule has 0 bridgehead atoms. The molecule has 0 spiro atoms. The van der Waals surface area contributed by atoms with Gasteiger partial charge in [0.15, 0.2) is 5.13 Å². The summed E-state index contributed by atoms with van der Waals surface area (Å²) in [6, 6.07) is 2.06. The first kappa shape index (κ1) is 17.2. The lowest BCUT2D eigenvalue weighted by atomic mass is 10.1. The van der Waals surface area contributed by atoms with E-state index in [1.54, 1.807) is 16.0 Å². The number of hydrogen-bond acceptors (Lipinski definition) is 6. The van der Waals surface area contributed by atoms with E-state index in [0.29, 0.717) is 6.54 Å². The van der Waals surface area contributed by atoms with Gasteiger partial charge in [-0.2, -0.15) is 10.2 Å². The van der Waals surface area contributed by atoms with Crippen molar-refractivity contribution in [3.8, 4) is 10.6 Å². The van der Waals surface area contributed by atoms with Crippen molar-refractivity contribution in [1.82, 2.24) is 24.5 Å². The Morgan fingerprint density at radius 2 is 2.31 bits per heavy atom. The molecule has 0 amide bonds. The van der Waals surface area contributed by atoms with Crippen molar-refractivity contribution < 1.29 is 4.74 Å². The van der Waals surface area contributed by atoms with E-state index in [9.17, 15) is 0 Å². The summed E-state index contributed by atoms with van der Waals surface area (Å²) < 4.78 is 9.61. The van der Waals surface area contributed by atoms with Crippen LogP contribution in [0.2, 0.25) is 0 Å². The lowest BCUT2D eigenvalue weighted by Crippen LogP contribution is -2.24. The Balaban J connectivity index is 1.41. The number of aromatic nitrogens is 5. The molecule has 0 radical (unpaired) electrons. The fourth-order valence-electron chi connectivity index (χ4n) is 3.20. The molecule has 138 valence electrons. The van der Waals surface area contributed by atoms with Crippen LogP contribution in [0.5, 0.6) is 0 Å². The largest absolute Gasteiger partial charge is 0.376 e. The highest BCUT2D eigenvalue weighted by Gasteiger charge is 2.17. The maximum absolute atomic E-state index is 5.81. The maximum Gasteiger partial charge on any atom is 0.183 e. The molecule has 0 unspecified atom stereocenters. The molecule has 26 heavy (non-hydrogen) atoms. The molecular weight excluding hydrogens is 348 g/mol. The third-order valence-electron chi connectivity index (χ3n) is 4.54. The first-order chi connectivity index (χ1) is 12.7. The second-order valence-corrected chi connectivity index (χ2v) is 7.72. The molecule has 7 nitrogen and oxygen atoms in total. The molecule has 3 aromatic rings. The van der Waals surface area contributed by atoms with Crippen LogP contribution in [0.15, 0.2) is 24.7 Å². The van der Waals surface area contributed by atoms with Gasteiger partial charge in [0.1, 0.15) is 5.69 Å². The van der Waals surface area contributed by atoms with Gasteiger partial charge in [0.05, 0.1) is 29.4 Å². The van der Waals surface area contributed by atoms with Gasteiger partial charge in [-0.1, -0.05) is 11.3 Å². The van der Waals surface area contributed by atoms with Gasteiger partial charge in [-0.05, 0) is 32.3 Å². The van der Waals surface area contributed by atoms with Crippen LogP contribution in [0.1, 0.15) is 30.5 Å². The fourth-order valence-corrected chi connectivity index (χ4v) is 4.12. The number of rotatable bonds is 6. The van der Waals surface area contributed by atoms with E-state index >= 15 is 0 Å². The van der Waals surface area contributed by atoms with E-state index in [4.69, 9.17) is 9.84 Å². The molecule has 1 fully saturated rings. The molecular formula is C18H24N6OS. The number of anilines is 1. The van der Waals surface area contributed by atoms with Crippen molar-refractivity contribution in [2.45, 2.75) is 45.4 Å². The summed E-state index contributed by atoms with van der Waals surface area (Å²) in [4.78, 5) is 5.75. The fraction of sp³-hybridized carbons (Fsp3) is 0.500. The summed E-state index contributed by atoms with van der Waals surface area (Å²) in [5.41, 5.74) is 3.12. The maximum atomic E-state index is 5.81. The van der Waals surface area contributed by atoms with E-state index in [0.717, 1.165) is 46.5 Å². The minimum atomic E-state index is 0.288. The van der Waals surface area contributed by atoms with Crippen molar-refractivity contribution in [3.63, 3.8) is 0 Å². The van der Waals surface area contributed by atoms with Crippen molar-refractivity contribution in [2.24, 2.45) is 7.05 Å². The Bertz CT molecular complexity index is 861. The zero-order valence-corrected chi connectivity index (χ0v) is 16.0.